The lowest BCUT2D eigenvalue weighted by atomic mass is 10.2. The van der Waals surface area contributed by atoms with Gasteiger partial charge in [0.1, 0.15) is 0 Å². The second-order valence-electron chi connectivity index (χ2n) is 3.17. The van der Waals surface area contributed by atoms with Crippen LogP contribution >= 0.6 is 27.7 Å². The Morgan fingerprint density at radius 2 is 2.35 bits per heavy atom. The van der Waals surface area contributed by atoms with Crippen molar-refractivity contribution in [3.63, 3.8) is 0 Å². The molecule has 0 spiro atoms. The number of rotatable bonds is 3. The summed E-state index contributed by atoms with van der Waals surface area (Å²) in [7, 11) is 0. The molecule has 2 rings (SSSR count). The summed E-state index contributed by atoms with van der Waals surface area (Å²) >= 11 is 4.53. The van der Waals surface area contributed by atoms with Gasteiger partial charge in [-0.1, -0.05) is 45.0 Å². The van der Waals surface area contributed by atoms with E-state index in [2.05, 4.69) is 26.1 Å². The molecule has 0 amide bonds. The lowest BCUT2D eigenvalue weighted by molar-refractivity contribution is 0.392. The van der Waals surface area contributed by atoms with E-state index < -0.39 is 0 Å². The minimum Gasteiger partial charge on any atom is -0.379 e. The van der Waals surface area contributed by atoms with E-state index >= 15 is 0 Å². The van der Waals surface area contributed by atoms with Crippen LogP contribution in [-0.2, 0) is 5.75 Å². The summed E-state index contributed by atoms with van der Waals surface area (Å²) in [5, 5.41) is 11.0. The first-order chi connectivity index (χ1) is 8.15. The molecule has 0 aliphatic heterocycles. The first kappa shape index (κ1) is 12.1. The molecule has 88 valence electrons. The molecule has 0 aliphatic rings. The zero-order valence-electron chi connectivity index (χ0n) is 8.68. The molecule has 1 heterocycles. The molecule has 5 nitrogen and oxygen atoms in total. The van der Waals surface area contributed by atoms with Crippen molar-refractivity contribution in [1.29, 1.82) is 5.41 Å². The fraction of sp³-hybridized carbons (Fsp3) is 0.100. The molecule has 0 saturated carbocycles. The molecule has 0 unspecified atom stereocenters. The number of hydrogen-bond acceptors (Lipinski definition) is 5. The Morgan fingerprint density at radius 1 is 1.53 bits per heavy atom. The molecular formula is C10H9BrN4OS. The summed E-state index contributed by atoms with van der Waals surface area (Å²) in [6.07, 6.45) is 0. The first-order valence-corrected chi connectivity index (χ1v) is 6.48. The summed E-state index contributed by atoms with van der Waals surface area (Å²) < 4.78 is 6.02. The van der Waals surface area contributed by atoms with Gasteiger partial charge in [-0.05, 0) is 12.1 Å². The van der Waals surface area contributed by atoms with Crippen LogP contribution in [0.25, 0.3) is 11.4 Å². The molecule has 1 aromatic heterocycles. The summed E-state index contributed by atoms with van der Waals surface area (Å²) in [4.78, 5) is 4.22. The highest BCUT2D eigenvalue weighted by atomic mass is 79.9. The predicted octanol–water partition coefficient (Wildman–Crippen LogP) is 2.63. The Balaban J connectivity index is 2.15. The number of nitrogens with two attached hydrogens (primary N) is 1. The van der Waals surface area contributed by atoms with Crippen molar-refractivity contribution in [3.8, 4) is 11.4 Å². The van der Waals surface area contributed by atoms with Crippen LogP contribution in [0.2, 0.25) is 0 Å². The van der Waals surface area contributed by atoms with Crippen LogP contribution in [0.15, 0.2) is 33.3 Å². The molecule has 0 atom stereocenters. The molecule has 17 heavy (non-hydrogen) atoms. The minimum absolute atomic E-state index is 0.0344. The van der Waals surface area contributed by atoms with Crippen molar-refractivity contribution >= 4 is 32.9 Å². The SMILES string of the molecule is N=C(N)SCc1nc(-c2cccc(Br)c2)no1. The number of thioether (sulfide) groups is 1. The zero-order chi connectivity index (χ0) is 12.3. The molecule has 0 saturated heterocycles. The standard InChI is InChI=1S/C10H9BrN4OS/c11-7-3-1-2-6(4-7)9-14-8(16-15-9)5-17-10(12)13/h1-4H,5H2,(H3,12,13). The molecule has 3 N–H and O–H groups in total. The summed E-state index contributed by atoms with van der Waals surface area (Å²) in [6, 6.07) is 7.64. The van der Waals surface area contributed by atoms with Gasteiger partial charge in [0.05, 0.1) is 5.75 Å². The van der Waals surface area contributed by atoms with Gasteiger partial charge in [0.2, 0.25) is 11.7 Å². The summed E-state index contributed by atoms with van der Waals surface area (Å²) in [5.41, 5.74) is 6.11. The molecule has 0 radical (unpaired) electrons. The number of halogens is 1. The maximum Gasteiger partial charge on any atom is 0.237 e. The van der Waals surface area contributed by atoms with E-state index in [1.165, 1.54) is 0 Å². The lowest BCUT2D eigenvalue weighted by Crippen LogP contribution is -2.03. The third kappa shape index (κ3) is 3.31. The van der Waals surface area contributed by atoms with E-state index in [0.717, 1.165) is 21.8 Å². The number of benzene rings is 1. The monoisotopic (exact) mass is 312 g/mol. The quantitative estimate of drug-likeness (QED) is 0.671. The van der Waals surface area contributed by atoms with Crippen LogP contribution in [0.5, 0.6) is 0 Å². The third-order valence-corrected chi connectivity index (χ3v) is 3.10. The highest BCUT2D eigenvalue weighted by Crippen LogP contribution is 2.21. The zero-order valence-corrected chi connectivity index (χ0v) is 11.1. The van der Waals surface area contributed by atoms with Crippen molar-refractivity contribution in [2.75, 3.05) is 0 Å². The fourth-order valence-corrected chi connectivity index (χ4v) is 1.99. The number of nitrogens with zero attached hydrogens (tertiary/aromatic N) is 2. The average molecular weight is 313 g/mol. The van der Waals surface area contributed by atoms with Gasteiger partial charge in [0, 0.05) is 10.0 Å². The topological polar surface area (TPSA) is 88.8 Å². The largest absolute Gasteiger partial charge is 0.379 e. The maximum absolute atomic E-state index is 7.09. The van der Waals surface area contributed by atoms with Crippen LogP contribution in [0.1, 0.15) is 5.89 Å². The van der Waals surface area contributed by atoms with Crippen LogP contribution in [0, 0.1) is 5.41 Å². The van der Waals surface area contributed by atoms with Gasteiger partial charge in [0.15, 0.2) is 5.17 Å². The van der Waals surface area contributed by atoms with Crippen molar-refractivity contribution in [2.45, 2.75) is 5.75 Å². The van der Waals surface area contributed by atoms with Gasteiger partial charge < -0.3 is 10.3 Å². The highest BCUT2D eigenvalue weighted by molar-refractivity contribution is 9.10. The molecule has 7 heteroatoms. The van der Waals surface area contributed by atoms with Crippen molar-refractivity contribution < 1.29 is 4.52 Å². The second kappa shape index (κ2) is 5.33. The van der Waals surface area contributed by atoms with Gasteiger partial charge in [0.25, 0.3) is 0 Å². The molecule has 0 fully saturated rings. The van der Waals surface area contributed by atoms with E-state index in [1.807, 2.05) is 24.3 Å². The van der Waals surface area contributed by atoms with E-state index in [4.69, 9.17) is 15.7 Å². The Labute approximate surface area is 110 Å². The second-order valence-corrected chi connectivity index (χ2v) is 5.11. The number of amidine groups is 1. The van der Waals surface area contributed by atoms with E-state index in [0.29, 0.717) is 17.5 Å². The summed E-state index contributed by atoms with van der Waals surface area (Å²) in [6.45, 7) is 0. The third-order valence-electron chi connectivity index (χ3n) is 1.90. The minimum atomic E-state index is 0.0344. The first-order valence-electron chi connectivity index (χ1n) is 4.70. The van der Waals surface area contributed by atoms with Crippen molar-refractivity contribution in [1.82, 2.24) is 10.1 Å². The average Bonchev–Trinajstić information content (AvgIpc) is 2.75. The highest BCUT2D eigenvalue weighted by Gasteiger charge is 2.09. The Hall–Kier alpha value is -1.34. The van der Waals surface area contributed by atoms with Gasteiger partial charge in [-0.15, -0.1) is 0 Å². The lowest BCUT2D eigenvalue weighted by Gasteiger charge is -1.94. The Kier molecular flexibility index (Phi) is 3.80. The van der Waals surface area contributed by atoms with Crippen LogP contribution < -0.4 is 5.73 Å². The molecule has 2 aromatic rings. The molecular weight excluding hydrogens is 304 g/mol. The number of hydrogen-bond donors (Lipinski definition) is 2. The van der Waals surface area contributed by atoms with E-state index in [-0.39, 0.29) is 5.17 Å². The number of nitrogens with one attached hydrogen (secondary N) is 1. The smallest absolute Gasteiger partial charge is 0.237 e. The van der Waals surface area contributed by atoms with Crippen molar-refractivity contribution in [2.24, 2.45) is 5.73 Å². The molecule has 1 aromatic carbocycles. The van der Waals surface area contributed by atoms with Crippen LogP contribution in [0.3, 0.4) is 0 Å². The number of aromatic nitrogens is 2. The van der Waals surface area contributed by atoms with E-state index in [9.17, 15) is 0 Å². The Morgan fingerprint density at radius 3 is 3.06 bits per heavy atom. The van der Waals surface area contributed by atoms with E-state index in [1.54, 1.807) is 0 Å². The fourth-order valence-electron chi connectivity index (χ4n) is 1.20. The maximum atomic E-state index is 7.09. The van der Waals surface area contributed by atoms with Gasteiger partial charge in [-0.3, -0.25) is 5.41 Å². The van der Waals surface area contributed by atoms with Gasteiger partial charge >= 0.3 is 0 Å². The Bertz CT molecular complexity index is 543. The normalized spacial score (nSPS) is 10.4. The van der Waals surface area contributed by atoms with Crippen LogP contribution in [-0.4, -0.2) is 15.3 Å². The summed E-state index contributed by atoms with van der Waals surface area (Å²) in [5.74, 6) is 1.40. The molecule has 0 aliphatic carbocycles. The van der Waals surface area contributed by atoms with Crippen LogP contribution in [0.4, 0.5) is 0 Å². The predicted molar refractivity (Wildman–Crippen MR) is 70.6 cm³/mol. The molecule has 0 bridgehead atoms. The van der Waals surface area contributed by atoms with Crippen molar-refractivity contribution in [3.05, 3.63) is 34.6 Å². The van der Waals surface area contributed by atoms with Gasteiger partial charge in [-0.2, -0.15) is 4.98 Å². The van der Waals surface area contributed by atoms with Gasteiger partial charge in [-0.25, -0.2) is 0 Å².